The molecule has 0 aliphatic heterocycles. The van der Waals surface area contributed by atoms with Crippen molar-refractivity contribution >= 4 is 21.8 Å². The summed E-state index contributed by atoms with van der Waals surface area (Å²) in [5.41, 5.74) is 0.263. The topological polar surface area (TPSA) is 58.6 Å². The van der Waals surface area contributed by atoms with Crippen LogP contribution in [0.25, 0.3) is 0 Å². The number of aromatic hydroxyl groups is 1. The van der Waals surface area contributed by atoms with Crippen LogP contribution in [0.4, 0.5) is 0 Å². The summed E-state index contributed by atoms with van der Waals surface area (Å²) in [5, 5.41) is 13.7. The highest BCUT2D eigenvalue weighted by atomic mass is 79.9. The predicted octanol–water partition coefficient (Wildman–Crippen LogP) is 2.69. The molecule has 1 aromatic carbocycles. The number of carbonyl (C=O) groups excluding carboxylic acids is 1. The number of alkyl halides is 1. The van der Waals surface area contributed by atoms with Crippen molar-refractivity contribution in [3.8, 4) is 11.5 Å². The van der Waals surface area contributed by atoms with Gasteiger partial charge in [-0.3, -0.25) is 4.79 Å². The van der Waals surface area contributed by atoms with Gasteiger partial charge in [-0.2, -0.15) is 0 Å². The molecule has 104 valence electrons. The molecule has 2 rings (SSSR count). The summed E-state index contributed by atoms with van der Waals surface area (Å²) in [7, 11) is 1.53. The minimum atomic E-state index is -0.241. The van der Waals surface area contributed by atoms with Crippen LogP contribution in [-0.2, 0) is 0 Å². The highest BCUT2D eigenvalue weighted by Crippen LogP contribution is 2.28. The van der Waals surface area contributed by atoms with E-state index >= 15 is 0 Å². The Morgan fingerprint density at radius 2 is 2.32 bits per heavy atom. The van der Waals surface area contributed by atoms with Crippen molar-refractivity contribution in [3.05, 3.63) is 23.8 Å². The number of halogens is 1. The fraction of sp³-hybridized carbons (Fsp3) is 0.500. The van der Waals surface area contributed by atoms with Gasteiger partial charge in [0.25, 0.3) is 5.91 Å². The zero-order valence-electron chi connectivity index (χ0n) is 10.9. The molecule has 1 amide bonds. The van der Waals surface area contributed by atoms with E-state index in [2.05, 4.69) is 21.2 Å². The van der Waals surface area contributed by atoms with Crippen LogP contribution < -0.4 is 10.1 Å². The van der Waals surface area contributed by atoms with E-state index in [1.165, 1.54) is 13.2 Å². The first-order chi connectivity index (χ1) is 9.15. The fourth-order valence-electron chi connectivity index (χ4n) is 2.48. The Kier molecular flexibility index (Phi) is 4.69. The first-order valence-electron chi connectivity index (χ1n) is 6.39. The van der Waals surface area contributed by atoms with Gasteiger partial charge in [-0.15, -0.1) is 0 Å². The molecule has 1 saturated carbocycles. The maximum atomic E-state index is 12.2. The van der Waals surface area contributed by atoms with Gasteiger partial charge in [0.2, 0.25) is 0 Å². The minimum absolute atomic E-state index is 0.0216. The van der Waals surface area contributed by atoms with Gasteiger partial charge in [0.05, 0.1) is 12.7 Å². The molecular weight excluding hydrogens is 310 g/mol. The summed E-state index contributed by atoms with van der Waals surface area (Å²) in [6, 6.07) is 4.84. The number of benzene rings is 1. The van der Waals surface area contributed by atoms with Crippen LogP contribution in [0.3, 0.4) is 0 Å². The van der Waals surface area contributed by atoms with Gasteiger partial charge in [0, 0.05) is 11.4 Å². The molecule has 0 aromatic heterocycles. The van der Waals surface area contributed by atoms with E-state index in [1.807, 2.05) is 0 Å². The predicted molar refractivity (Wildman–Crippen MR) is 77.0 cm³/mol. The monoisotopic (exact) mass is 327 g/mol. The first kappa shape index (κ1) is 14.2. The van der Waals surface area contributed by atoms with Crippen molar-refractivity contribution in [2.75, 3.05) is 12.4 Å². The Labute approximate surface area is 121 Å². The van der Waals surface area contributed by atoms with Crippen LogP contribution >= 0.6 is 15.9 Å². The van der Waals surface area contributed by atoms with E-state index in [0.29, 0.717) is 11.7 Å². The van der Waals surface area contributed by atoms with E-state index in [1.54, 1.807) is 12.1 Å². The third-order valence-corrected chi connectivity index (χ3v) is 4.45. The second-order valence-electron chi connectivity index (χ2n) is 4.81. The van der Waals surface area contributed by atoms with Crippen molar-refractivity contribution in [2.24, 2.45) is 5.92 Å². The van der Waals surface area contributed by atoms with Crippen molar-refractivity contribution in [3.63, 3.8) is 0 Å². The number of methoxy groups -OCH3 is 1. The lowest BCUT2D eigenvalue weighted by Gasteiger charge is -2.19. The average Bonchev–Trinajstić information content (AvgIpc) is 2.86. The van der Waals surface area contributed by atoms with Crippen LogP contribution in [0.1, 0.15) is 29.6 Å². The average molecular weight is 328 g/mol. The molecule has 2 unspecified atom stereocenters. The normalized spacial score (nSPS) is 22.2. The van der Waals surface area contributed by atoms with E-state index in [-0.39, 0.29) is 23.3 Å². The molecule has 0 spiro atoms. The van der Waals surface area contributed by atoms with Gasteiger partial charge in [0.1, 0.15) is 11.5 Å². The zero-order valence-corrected chi connectivity index (χ0v) is 12.4. The molecule has 2 N–H and O–H groups in total. The summed E-state index contributed by atoms with van der Waals surface area (Å²) in [6.45, 7) is 0. The quantitative estimate of drug-likeness (QED) is 0.836. The molecule has 1 aromatic rings. The van der Waals surface area contributed by atoms with E-state index in [0.717, 1.165) is 24.6 Å². The molecule has 1 fully saturated rings. The Hall–Kier alpha value is -1.23. The van der Waals surface area contributed by atoms with Gasteiger partial charge in [-0.1, -0.05) is 22.4 Å². The standard InChI is InChI=1S/C14H18BrNO3/c1-19-10-5-6-13(17)11(7-10)14(18)16-12-4-2-3-9(12)8-15/h5-7,9,12,17H,2-4,8H2,1H3,(H,16,18). The maximum absolute atomic E-state index is 12.2. The molecular formula is C14H18BrNO3. The smallest absolute Gasteiger partial charge is 0.255 e. The Bertz CT molecular complexity index is 464. The number of phenolic OH excluding ortho intramolecular Hbond substituents is 1. The summed E-state index contributed by atoms with van der Waals surface area (Å²) in [6.07, 6.45) is 3.25. The van der Waals surface area contributed by atoms with Crippen LogP contribution in [0.15, 0.2) is 18.2 Å². The number of carbonyl (C=O) groups is 1. The number of rotatable bonds is 4. The zero-order chi connectivity index (χ0) is 13.8. The lowest BCUT2D eigenvalue weighted by atomic mass is 10.1. The lowest BCUT2D eigenvalue weighted by Crippen LogP contribution is -2.37. The Balaban J connectivity index is 2.11. The van der Waals surface area contributed by atoms with Gasteiger partial charge in [-0.25, -0.2) is 0 Å². The molecule has 1 aliphatic rings. The highest BCUT2D eigenvalue weighted by Gasteiger charge is 2.28. The molecule has 0 heterocycles. The molecule has 1 aliphatic carbocycles. The molecule has 4 nitrogen and oxygen atoms in total. The van der Waals surface area contributed by atoms with Crippen molar-refractivity contribution in [1.29, 1.82) is 0 Å². The van der Waals surface area contributed by atoms with Crippen LogP contribution in [0, 0.1) is 5.92 Å². The van der Waals surface area contributed by atoms with Crippen molar-refractivity contribution < 1.29 is 14.6 Å². The fourth-order valence-corrected chi connectivity index (χ4v) is 3.26. The summed E-state index contributed by atoms with van der Waals surface area (Å²) < 4.78 is 5.07. The van der Waals surface area contributed by atoms with E-state index < -0.39 is 0 Å². The molecule has 0 bridgehead atoms. The summed E-state index contributed by atoms with van der Waals surface area (Å²) >= 11 is 3.48. The highest BCUT2D eigenvalue weighted by molar-refractivity contribution is 9.09. The molecule has 0 radical (unpaired) electrons. The maximum Gasteiger partial charge on any atom is 0.255 e. The minimum Gasteiger partial charge on any atom is -0.507 e. The van der Waals surface area contributed by atoms with Crippen LogP contribution in [0.2, 0.25) is 0 Å². The SMILES string of the molecule is COc1ccc(O)c(C(=O)NC2CCCC2CBr)c1. The molecule has 5 heteroatoms. The molecule has 0 saturated heterocycles. The first-order valence-corrected chi connectivity index (χ1v) is 7.51. The number of phenols is 1. The van der Waals surface area contributed by atoms with Gasteiger partial charge in [-0.05, 0) is 37.0 Å². The second-order valence-corrected chi connectivity index (χ2v) is 5.46. The Morgan fingerprint density at radius 1 is 1.53 bits per heavy atom. The number of hydrogen-bond acceptors (Lipinski definition) is 3. The molecule has 19 heavy (non-hydrogen) atoms. The number of hydrogen-bond donors (Lipinski definition) is 2. The Morgan fingerprint density at radius 3 is 3.00 bits per heavy atom. The lowest BCUT2D eigenvalue weighted by molar-refractivity contribution is 0.0927. The van der Waals surface area contributed by atoms with Gasteiger partial charge in [0.15, 0.2) is 0 Å². The summed E-state index contributed by atoms with van der Waals surface area (Å²) in [4.78, 5) is 12.2. The van der Waals surface area contributed by atoms with Crippen molar-refractivity contribution in [2.45, 2.75) is 25.3 Å². The van der Waals surface area contributed by atoms with Crippen molar-refractivity contribution in [1.82, 2.24) is 5.32 Å². The third kappa shape index (κ3) is 3.21. The van der Waals surface area contributed by atoms with E-state index in [9.17, 15) is 9.90 Å². The number of amides is 1. The summed E-state index contributed by atoms with van der Waals surface area (Å²) in [5.74, 6) is 0.768. The van der Waals surface area contributed by atoms with E-state index in [4.69, 9.17) is 4.74 Å². The van der Waals surface area contributed by atoms with Gasteiger partial charge < -0.3 is 15.2 Å². The number of ether oxygens (including phenoxy) is 1. The molecule has 2 atom stereocenters. The number of nitrogens with one attached hydrogen (secondary N) is 1. The largest absolute Gasteiger partial charge is 0.507 e. The third-order valence-electron chi connectivity index (χ3n) is 3.62. The van der Waals surface area contributed by atoms with Gasteiger partial charge >= 0.3 is 0 Å². The second kappa shape index (κ2) is 6.28. The van der Waals surface area contributed by atoms with Crippen LogP contribution in [-0.4, -0.2) is 29.5 Å². The van der Waals surface area contributed by atoms with Crippen LogP contribution in [0.5, 0.6) is 11.5 Å².